The predicted molar refractivity (Wildman–Crippen MR) is 136 cm³/mol. The van der Waals surface area contributed by atoms with Crippen LogP contribution in [0.4, 0.5) is 33.7 Å². The number of ether oxygens (including phenoxy) is 1. The molecule has 2 amide bonds. The van der Waals surface area contributed by atoms with Gasteiger partial charge in [0.2, 0.25) is 11.7 Å². The summed E-state index contributed by atoms with van der Waals surface area (Å²) in [5.74, 6) is -0.238. The first-order valence-electron chi connectivity index (χ1n) is 12.7. The van der Waals surface area contributed by atoms with Gasteiger partial charge in [-0.25, -0.2) is 13.7 Å². The first kappa shape index (κ1) is 26.5. The van der Waals surface area contributed by atoms with Crippen LogP contribution in [0.25, 0.3) is 16.9 Å². The van der Waals surface area contributed by atoms with Gasteiger partial charge in [0.1, 0.15) is 6.17 Å². The molecule has 15 heteroatoms. The van der Waals surface area contributed by atoms with E-state index >= 15 is 0 Å². The number of nitrogens with one attached hydrogen (secondary N) is 2. The molecule has 1 aliphatic heterocycles. The largest absolute Gasteiger partial charge is 0.576 e. The van der Waals surface area contributed by atoms with Crippen molar-refractivity contribution in [2.45, 2.75) is 44.3 Å². The molecule has 6 rings (SSSR count). The number of alkyl carbamates (subject to hydrolysis) is 1. The molecule has 2 fully saturated rings. The number of hydrogen-bond acceptors (Lipinski definition) is 8. The van der Waals surface area contributed by atoms with Gasteiger partial charge in [-0.15, -0.1) is 13.2 Å². The minimum absolute atomic E-state index is 0.252. The number of carbonyl (C=O) groups excluding carboxylic acids is 2. The van der Waals surface area contributed by atoms with Crippen LogP contribution in [-0.2, 0) is 4.74 Å². The van der Waals surface area contributed by atoms with E-state index in [0.29, 0.717) is 53.2 Å². The van der Waals surface area contributed by atoms with E-state index in [0.717, 1.165) is 5.56 Å². The average molecular weight is 574 g/mol. The molecule has 0 spiro atoms. The second-order valence-corrected chi connectivity index (χ2v) is 9.98. The number of amides is 2. The van der Waals surface area contributed by atoms with Crippen LogP contribution >= 0.6 is 0 Å². The molecule has 41 heavy (non-hydrogen) atoms. The third-order valence-electron chi connectivity index (χ3n) is 7.05. The normalized spacial score (nSPS) is 20.3. The van der Waals surface area contributed by atoms with Crippen molar-refractivity contribution >= 4 is 28.9 Å². The van der Waals surface area contributed by atoms with Gasteiger partial charge in [0.05, 0.1) is 29.2 Å². The first-order valence-corrected chi connectivity index (χ1v) is 12.7. The molecule has 3 aromatic heterocycles. The van der Waals surface area contributed by atoms with Crippen molar-refractivity contribution < 1.29 is 36.4 Å². The van der Waals surface area contributed by atoms with Crippen molar-refractivity contribution in [2.75, 3.05) is 23.3 Å². The monoisotopic (exact) mass is 573 g/mol. The lowest BCUT2D eigenvalue weighted by molar-refractivity contribution is -0.291. The Morgan fingerprint density at radius 3 is 2.76 bits per heavy atom. The minimum atomic E-state index is -5.06. The van der Waals surface area contributed by atoms with Crippen LogP contribution in [0.5, 0.6) is 0 Å². The number of rotatable bonds is 6. The molecule has 0 bridgehead atoms. The summed E-state index contributed by atoms with van der Waals surface area (Å²) in [5.41, 5.74) is 3.41. The molecule has 0 unspecified atom stereocenters. The van der Waals surface area contributed by atoms with Crippen molar-refractivity contribution in [1.29, 1.82) is 0 Å². The van der Waals surface area contributed by atoms with E-state index in [1.807, 2.05) is 11.8 Å². The van der Waals surface area contributed by atoms with Crippen LogP contribution in [0, 0.1) is 6.92 Å². The molecule has 2 N–H and O–H groups in total. The highest BCUT2D eigenvalue weighted by atomic mass is 19.4. The Bertz CT molecular complexity index is 1640. The van der Waals surface area contributed by atoms with Crippen molar-refractivity contribution in [3.8, 4) is 11.4 Å². The molecule has 1 saturated carbocycles. The summed E-state index contributed by atoms with van der Waals surface area (Å²) in [5, 5.41) is 13.3. The van der Waals surface area contributed by atoms with Gasteiger partial charge in [0.25, 0.3) is 5.91 Å². The SMILES string of the molecule is Cc1ccc(-c2noc([C@H]3C[C@@H]3F)n2)cc1NC(=O)c1cnn2ccc(N3CC[C@@H](NC(=O)OC(F)(F)F)C3)cc12. The van der Waals surface area contributed by atoms with Gasteiger partial charge in [-0.1, -0.05) is 17.3 Å². The van der Waals surface area contributed by atoms with Crippen LogP contribution in [0.3, 0.4) is 0 Å². The van der Waals surface area contributed by atoms with Crippen molar-refractivity contribution in [1.82, 2.24) is 25.1 Å². The Hall–Kier alpha value is -4.69. The molecular formula is C26H23F4N7O4. The van der Waals surface area contributed by atoms with Gasteiger partial charge in [0, 0.05) is 36.2 Å². The Balaban J connectivity index is 1.17. The lowest BCUT2D eigenvalue weighted by atomic mass is 10.1. The number of fused-ring (bicyclic) bond motifs is 1. The van der Waals surface area contributed by atoms with Gasteiger partial charge in [-0.3, -0.25) is 4.79 Å². The summed E-state index contributed by atoms with van der Waals surface area (Å²) in [6, 6.07) is 8.26. The number of pyridine rings is 1. The topological polar surface area (TPSA) is 127 Å². The lowest BCUT2D eigenvalue weighted by Crippen LogP contribution is -2.39. The molecule has 1 saturated heterocycles. The zero-order valence-corrected chi connectivity index (χ0v) is 21.5. The van der Waals surface area contributed by atoms with E-state index in [1.54, 1.807) is 36.5 Å². The molecule has 1 aromatic carbocycles. The van der Waals surface area contributed by atoms with Crippen LogP contribution in [-0.4, -0.2) is 63.4 Å². The smallest absolute Gasteiger partial charge is 0.369 e. The second kappa shape index (κ2) is 10.1. The Morgan fingerprint density at radius 2 is 2.00 bits per heavy atom. The number of carbonyl (C=O) groups is 2. The summed E-state index contributed by atoms with van der Waals surface area (Å²) in [6.07, 6.45) is -3.69. The maximum atomic E-state index is 13.4. The fraction of sp³-hybridized carbons (Fsp3) is 0.346. The van der Waals surface area contributed by atoms with Gasteiger partial charge < -0.3 is 24.8 Å². The zero-order chi connectivity index (χ0) is 28.9. The number of hydrogen-bond donors (Lipinski definition) is 2. The molecule has 214 valence electrons. The fourth-order valence-electron chi connectivity index (χ4n) is 4.76. The number of halogens is 4. The van der Waals surface area contributed by atoms with Crippen molar-refractivity contribution in [3.63, 3.8) is 0 Å². The summed E-state index contributed by atoms with van der Waals surface area (Å²) in [7, 11) is 0. The standard InChI is InChI=1S/C26H23F4N7O4/c1-13-2-3-14(22-34-24(41-35-22)17-10-19(17)27)8-20(13)33-23(38)18-11-31-37-7-5-16(9-21(18)37)36-6-4-15(12-36)32-25(39)40-26(28,29)30/h2-3,5,7-9,11,15,17,19H,4,6,10,12H2,1H3,(H,32,39)(H,33,38)/t15-,17+,19+/m1/s1. The highest BCUT2D eigenvalue weighted by Gasteiger charge is 2.43. The highest BCUT2D eigenvalue weighted by molar-refractivity contribution is 6.09. The minimum Gasteiger partial charge on any atom is -0.369 e. The number of aromatic nitrogens is 4. The molecule has 0 radical (unpaired) electrons. The summed E-state index contributed by atoms with van der Waals surface area (Å²) >= 11 is 0. The highest BCUT2D eigenvalue weighted by Crippen LogP contribution is 2.43. The van der Waals surface area contributed by atoms with Gasteiger partial charge in [-0.2, -0.15) is 10.1 Å². The molecule has 2 aliphatic rings. The number of anilines is 2. The fourth-order valence-corrected chi connectivity index (χ4v) is 4.76. The molecule has 3 atom stereocenters. The molecule has 1 aliphatic carbocycles. The first-order chi connectivity index (χ1) is 19.5. The summed E-state index contributed by atoms with van der Waals surface area (Å²) in [4.78, 5) is 31.0. The van der Waals surface area contributed by atoms with Crippen LogP contribution in [0.15, 0.2) is 47.2 Å². The number of alkyl halides is 4. The Morgan fingerprint density at radius 1 is 1.20 bits per heavy atom. The van der Waals surface area contributed by atoms with Crippen molar-refractivity contribution in [2.24, 2.45) is 0 Å². The number of nitrogens with zero attached hydrogens (tertiary/aromatic N) is 5. The van der Waals surface area contributed by atoms with Crippen LogP contribution in [0.1, 0.15) is 40.6 Å². The molecule has 11 nitrogen and oxygen atoms in total. The third kappa shape index (κ3) is 5.64. The Kier molecular flexibility index (Phi) is 6.50. The van der Waals surface area contributed by atoms with E-state index in [1.165, 1.54) is 10.7 Å². The Labute approximate surface area is 229 Å². The maximum absolute atomic E-state index is 13.4. The molecule has 4 aromatic rings. The van der Waals surface area contributed by atoms with E-state index in [4.69, 9.17) is 4.52 Å². The van der Waals surface area contributed by atoms with Crippen molar-refractivity contribution in [3.05, 3.63) is 59.7 Å². The van der Waals surface area contributed by atoms with Gasteiger partial charge >= 0.3 is 12.5 Å². The van der Waals surface area contributed by atoms with Gasteiger partial charge in [-0.05, 0) is 43.5 Å². The summed E-state index contributed by atoms with van der Waals surface area (Å²) in [6.45, 7) is 2.56. The predicted octanol–water partition coefficient (Wildman–Crippen LogP) is 4.60. The number of benzene rings is 1. The van der Waals surface area contributed by atoms with E-state index in [9.17, 15) is 27.2 Å². The zero-order valence-electron chi connectivity index (χ0n) is 21.5. The third-order valence-corrected chi connectivity index (χ3v) is 7.05. The van der Waals surface area contributed by atoms with E-state index in [2.05, 4.69) is 30.6 Å². The van der Waals surface area contributed by atoms with Crippen LogP contribution in [0.2, 0.25) is 0 Å². The second-order valence-electron chi connectivity index (χ2n) is 9.98. The van der Waals surface area contributed by atoms with Crippen LogP contribution < -0.4 is 15.5 Å². The molecule has 4 heterocycles. The maximum Gasteiger partial charge on any atom is 0.576 e. The quantitative estimate of drug-likeness (QED) is 0.321. The summed E-state index contributed by atoms with van der Waals surface area (Å²) < 4.78 is 60.3. The lowest BCUT2D eigenvalue weighted by Gasteiger charge is -2.19. The number of aryl methyl sites for hydroxylation is 1. The van der Waals surface area contributed by atoms with E-state index < -0.39 is 30.6 Å². The molecular weight excluding hydrogens is 550 g/mol. The average Bonchev–Trinajstić information content (AvgIpc) is 3.33. The van der Waals surface area contributed by atoms with E-state index in [-0.39, 0.29) is 18.4 Å². The van der Waals surface area contributed by atoms with Gasteiger partial charge in [0.15, 0.2) is 0 Å².